The monoisotopic (exact) mass is 652 g/mol. The van der Waals surface area contributed by atoms with E-state index < -0.39 is 22.3 Å². The van der Waals surface area contributed by atoms with Crippen LogP contribution in [-0.4, -0.2) is 35.5 Å². The Bertz CT molecular complexity index is 1300. The average molecular weight is 653 g/mol. The first kappa shape index (κ1) is 35.8. The second-order valence-electron chi connectivity index (χ2n) is 14.6. The van der Waals surface area contributed by atoms with Gasteiger partial charge in [0.2, 0.25) is 0 Å². The van der Waals surface area contributed by atoms with Crippen molar-refractivity contribution in [3.8, 4) is 0 Å². The molecule has 0 aliphatic heterocycles. The predicted octanol–water partition coefficient (Wildman–Crippen LogP) is 8.59. The fourth-order valence-corrected chi connectivity index (χ4v) is 16.2. The smallest absolute Gasteiger partial charge is 0.261 e. The highest BCUT2D eigenvalue weighted by molar-refractivity contribution is 7.00. The summed E-state index contributed by atoms with van der Waals surface area (Å²) in [4.78, 5) is 0. The first-order valence-corrected chi connectivity index (χ1v) is 20.5. The summed E-state index contributed by atoms with van der Waals surface area (Å²) in [6.45, 7) is 17.2. The lowest BCUT2D eigenvalue weighted by Gasteiger charge is -2.46. The standard InChI is InChI=1S/C41H53FO2Si2/c1-8-9-10-23-32-41(42,33-43-45(39(2,3)4,35-24-15-11-16-25-35)36-26-17-12-18-27-36)34-44-46(40(5,6)7,37-28-19-13-20-29-37)38-30-21-14-22-31-38/h8,11-22,24-31H,1,9-10,23,32-34H2,2-7H3. The molecule has 5 heteroatoms. The third-order valence-corrected chi connectivity index (χ3v) is 19.2. The van der Waals surface area contributed by atoms with Crippen LogP contribution in [0.3, 0.4) is 0 Å². The molecule has 0 saturated heterocycles. The Morgan fingerprint density at radius 1 is 0.543 bits per heavy atom. The summed E-state index contributed by atoms with van der Waals surface area (Å²) < 4.78 is 32.3. The van der Waals surface area contributed by atoms with Gasteiger partial charge in [-0.2, -0.15) is 0 Å². The van der Waals surface area contributed by atoms with E-state index in [4.69, 9.17) is 8.85 Å². The van der Waals surface area contributed by atoms with Crippen LogP contribution in [0.15, 0.2) is 134 Å². The minimum atomic E-state index is -2.95. The number of alkyl halides is 1. The Balaban J connectivity index is 1.80. The van der Waals surface area contributed by atoms with Crippen molar-refractivity contribution >= 4 is 37.4 Å². The molecule has 0 N–H and O–H groups in total. The number of hydrogen-bond acceptors (Lipinski definition) is 2. The van der Waals surface area contributed by atoms with Crippen LogP contribution in [0.4, 0.5) is 4.39 Å². The van der Waals surface area contributed by atoms with Gasteiger partial charge in [-0.05, 0) is 56.5 Å². The highest BCUT2D eigenvalue weighted by Crippen LogP contribution is 2.40. The van der Waals surface area contributed by atoms with Gasteiger partial charge in [0, 0.05) is 0 Å². The fraction of sp³-hybridized carbons (Fsp3) is 0.366. The largest absolute Gasteiger partial charge is 0.404 e. The number of unbranched alkanes of at least 4 members (excludes halogenated alkanes) is 2. The van der Waals surface area contributed by atoms with Gasteiger partial charge in [-0.15, -0.1) is 6.58 Å². The topological polar surface area (TPSA) is 18.5 Å². The van der Waals surface area contributed by atoms with Crippen LogP contribution in [0.1, 0.15) is 67.2 Å². The van der Waals surface area contributed by atoms with Crippen LogP contribution in [0.25, 0.3) is 0 Å². The molecular weight excluding hydrogens is 600 g/mol. The zero-order chi connectivity index (χ0) is 33.3. The summed E-state index contributed by atoms with van der Waals surface area (Å²) in [6.07, 6.45) is 4.75. The molecule has 2 nitrogen and oxygen atoms in total. The second kappa shape index (κ2) is 15.2. The maximum Gasteiger partial charge on any atom is 0.261 e. The Labute approximate surface area is 280 Å². The average Bonchev–Trinajstić information content (AvgIpc) is 3.04. The van der Waals surface area contributed by atoms with Crippen LogP contribution < -0.4 is 20.7 Å². The third kappa shape index (κ3) is 7.71. The van der Waals surface area contributed by atoms with Crippen molar-refractivity contribution in [3.63, 3.8) is 0 Å². The molecule has 0 fully saturated rings. The normalized spacial score (nSPS) is 13.0. The molecule has 4 rings (SSSR count). The van der Waals surface area contributed by atoms with Gasteiger partial charge in [-0.25, -0.2) is 4.39 Å². The summed E-state index contributed by atoms with van der Waals surface area (Å²) >= 11 is 0. The zero-order valence-electron chi connectivity index (χ0n) is 28.8. The molecule has 0 atom stereocenters. The van der Waals surface area contributed by atoms with Crippen molar-refractivity contribution < 1.29 is 13.2 Å². The van der Waals surface area contributed by atoms with E-state index in [0.717, 1.165) is 40.0 Å². The van der Waals surface area contributed by atoms with Gasteiger partial charge in [0.1, 0.15) is 0 Å². The van der Waals surface area contributed by atoms with E-state index in [-0.39, 0.29) is 23.3 Å². The molecule has 46 heavy (non-hydrogen) atoms. The van der Waals surface area contributed by atoms with Crippen molar-refractivity contribution in [1.29, 1.82) is 0 Å². The maximum absolute atomic E-state index is 17.9. The van der Waals surface area contributed by atoms with Gasteiger partial charge < -0.3 is 8.85 Å². The Hall–Kier alpha value is -3.10. The van der Waals surface area contributed by atoms with Crippen LogP contribution in [0, 0.1) is 0 Å². The second-order valence-corrected chi connectivity index (χ2v) is 23.2. The van der Waals surface area contributed by atoms with Crippen molar-refractivity contribution in [2.75, 3.05) is 13.2 Å². The molecule has 0 radical (unpaired) electrons. The molecular formula is C41H53FO2Si2. The third-order valence-electron chi connectivity index (χ3n) is 9.21. The van der Waals surface area contributed by atoms with Gasteiger partial charge in [0.25, 0.3) is 16.6 Å². The van der Waals surface area contributed by atoms with Crippen molar-refractivity contribution in [3.05, 3.63) is 134 Å². The SMILES string of the molecule is C=CCCCCC(F)(CO[Si](c1ccccc1)(c1ccccc1)C(C)(C)C)CO[Si](c1ccccc1)(c1ccccc1)C(C)(C)C. The summed E-state index contributed by atoms with van der Waals surface area (Å²) in [6, 6.07) is 42.0. The molecule has 0 aliphatic rings. The molecule has 0 heterocycles. The molecule has 244 valence electrons. The van der Waals surface area contributed by atoms with Gasteiger partial charge in [-0.3, -0.25) is 0 Å². The van der Waals surface area contributed by atoms with E-state index in [0.29, 0.717) is 6.42 Å². The lowest BCUT2D eigenvalue weighted by molar-refractivity contribution is 0.0194. The number of hydrogen-bond donors (Lipinski definition) is 0. The van der Waals surface area contributed by atoms with Gasteiger partial charge >= 0.3 is 0 Å². The summed E-state index contributed by atoms with van der Waals surface area (Å²) in [5, 5.41) is 4.09. The number of rotatable bonds is 15. The molecule has 0 amide bonds. The van der Waals surface area contributed by atoms with Crippen LogP contribution in [0.5, 0.6) is 0 Å². The molecule has 0 aliphatic carbocycles. The minimum Gasteiger partial charge on any atom is -0.404 e. The van der Waals surface area contributed by atoms with Crippen LogP contribution >= 0.6 is 0 Å². The lowest BCUT2D eigenvalue weighted by Crippen LogP contribution is -2.69. The maximum atomic E-state index is 17.9. The molecule has 4 aromatic carbocycles. The fourth-order valence-electron chi connectivity index (χ4n) is 6.91. The predicted molar refractivity (Wildman–Crippen MR) is 200 cm³/mol. The van der Waals surface area contributed by atoms with E-state index in [2.05, 4.69) is 145 Å². The van der Waals surface area contributed by atoms with E-state index in [1.165, 1.54) is 0 Å². The molecule has 0 bridgehead atoms. The minimum absolute atomic E-state index is 0.0351. The highest BCUT2D eigenvalue weighted by atomic mass is 28.4. The number of allylic oxidation sites excluding steroid dienone is 1. The van der Waals surface area contributed by atoms with Gasteiger partial charge in [0.05, 0.1) is 13.2 Å². The molecule has 4 aromatic rings. The molecule has 0 unspecified atom stereocenters. The first-order valence-electron chi connectivity index (χ1n) is 16.7. The Morgan fingerprint density at radius 3 is 1.11 bits per heavy atom. The summed E-state index contributed by atoms with van der Waals surface area (Å²) in [5.41, 5.74) is -1.69. The molecule has 0 spiro atoms. The molecule has 0 aromatic heterocycles. The lowest BCUT2D eigenvalue weighted by atomic mass is 10.00. The molecule has 0 saturated carbocycles. The number of halogens is 1. The summed E-state index contributed by atoms with van der Waals surface area (Å²) in [5.74, 6) is 0. The van der Waals surface area contributed by atoms with Gasteiger partial charge in [0.15, 0.2) is 5.67 Å². The van der Waals surface area contributed by atoms with Gasteiger partial charge in [-0.1, -0.05) is 169 Å². The van der Waals surface area contributed by atoms with Crippen molar-refractivity contribution in [2.45, 2.75) is 83.0 Å². The van der Waals surface area contributed by atoms with E-state index in [1.54, 1.807) is 0 Å². The van der Waals surface area contributed by atoms with E-state index in [1.807, 2.05) is 30.3 Å². The highest BCUT2D eigenvalue weighted by Gasteiger charge is 2.54. The van der Waals surface area contributed by atoms with Crippen LogP contribution in [-0.2, 0) is 8.85 Å². The Kier molecular flexibility index (Phi) is 11.8. The first-order chi connectivity index (χ1) is 21.9. The van der Waals surface area contributed by atoms with Crippen molar-refractivity contribution in [2.24, 2.45) is 0 Å². The Morgan fingerprint density at radius 2 is 0.848 bits per heavy atom. The van der Waals surface area contributed by atoms with E-state index >= 15 is 4.39 Å². The zero-order valence-corrected chi connectivity index (χ0v) is 30.8. The van der Waals surface area contributed by atoms with Crippen molar-refractivity contribution in [1.82, 2.24) is 0 Å². The van der Waals surface area contributed by atoms with Crippen LogP contribution in [0.2, 0.25) is 10.1 Å². The summed E-state index contributed by atoms with van der Waals surface area (Å²) in [7, 11) is -5.91. The number of benzene rings is 4. The van der Waals surface area contributed by atoms with E-state index in [9.17, 15) is 0 Å². The quantitative estimate of drug-likeness (QED) is 0.0728.